The van der Waals surface area contributed by atoms with Gasteiger partial charge in [0.05, 0.1) is 11.6 Å². The number of aromatic nitrogens is 2. The summed E-state index contributed by atoms with van der Waals surface area (Å²) >= 11 is 0. The van der Waals surface area contributed by atoms with Gasteiger partial charge in [-0.15, -0.1) is 0 Å². The molecule has 2 rings (SSSR count). The molecule has 0 N–H and O–H groups in total. The van der Waals surface area contributed by atoms with Crippen molar-refractivity contribution < 1.29 is 9.37 Å². The van der Waals surface area contributed by atoms with Crippen molar-refractivity contribution in [1.82, 2.24) is 10.3 Å². The van der Waals surface area contributed by atoms with Crippen molar-refractivity contribution in [3.63, 3.8) is 0 Å². The fourth-order valence-electron chi connectivity index (χ4n) is 1.35. The van der Waals surface area contributed by atoms with Crippen LogP contribution in [0.5, 0.6) is 5.75 Å². The van der Waals surface area contributed by atoms with Gasteiger partial charge >= 0.3 is 0 Å². The number of ether oxygens (including phenoxy) is 1. The van der Waals surface area contributed by atoms with Crippen LogP contribution in [0.25, 0.3) is 0 Å². The van der Waals surface area contributed by atoms with Gasteiger partial charge in [0.15, 0.2) is 0 Å². The summed E-state index contributed by atoms with van der Waals surface area (Å²) < 4.78 is 10.2. The van der Waals surface area contributed by atoms with E-state index in [1.54, 1.807) is 19.1 Å². The van der Waals surface area contributed by atoms with Crippen molar-refractivity contribution >= 4 is 0 Å². The van der Waals surface area contributed by atoms with Gasteiger partial charge in [-0.05, 0) is 31.5 Å². The van der Waals surface area contributed by atoms with Crippen LogP contribution >= 0.6 is 0 Å². The Kier molecular flexibility index (Phi) is 3.06. The first-order valence-electron chi connectivity index (χ1n) is 5.12. The molecular weight excluding hydrogens is 218 g/mol. The second-order valence-corrected chi connectivity index (χ2v) is 3.68. The van der Waals surface area contributed by atoms with E-state index >= 15 is 0 Å². The molecule has 0 aliphatic heterocycles. The van der Waals surface area contributed by atoms with Crippen LogP contribution in [0.1, 0.15) is 22.5 Å². The maximum Gasteiger partial charge on any atom is 0.145 e. The normalized spacial score (nSPS) is 9.94. The van der Waals surface area contributed by atoms with Crippen LogP contribution in [0, 0.1) is 25.2 Å². The smallest absolute Gasteiger partial charge is 0.145 e. The summed E-state index contributed by atoms with van der Waals surface area (Å²) in [6.07, 6.45) is 0. The lowest BCUT2D eigenvalue weighted by molar-refractivity contribution is 0.269. The second kappa shape index (κ2) is 4.66. The number of aryl methyl sites for hydroxylation is 2. The molecule has 1 aromatic heterocycles. The monoisotopic (exact) mass is 229 g/mol. The van der Waals surface area contributed by atoms with E-state index in [2.05, 4.69) is 21.0 Å². The molecular formula is C12H11N3O2. The molecule has 0 aliphatic carbocycles. The van der Waals surface area contributed by atoms with Gasteiger partial charge in [0.1, 0.15) is 23.7 Å². The minimum absolute atomic E-state index is 0.283. The highest BCUT2D eigenvalue weighted by atomic mass is 16.6. The minimum Gasteiger partial charge on any atom is -0.487 e. The molecule has 1 aromatic carbocycles. The van der Waals surface area contributed by atoms with E-state index in [4.69, 9.17) is 10.00 Å². The molecule has 86 valence electrons. The maximum atomic E-state index is 8.81. The van der Waals surface area contributed by atoms with Crippen molar-refractivity contribution in [2.75, 3.05) is 0 Å². The summed E-state index contributed by atoms with van der Waals surface area (Å²) in [5.74, 6) is 0.673. The Labute approximate surface area is 98.6 Å². The topological polar surface area (TPSA) is 71.9 Å². The first-order valence-corrected chi connectivity index (χ1v) is 5.12. The summed E-state index contributed by atoms with van der Waals surface area (Å²) in [4.78, 5) is 0. The Morgan fingerprint density at radius 2 is 2.18 bits per heavy atom. The van der Waals surface area contributed by atoms with Crippen LogP contribution in [0.4, 0.5) is 0 Å². The molecule has 5 nitrogen and oxygen atoms in total. The molecule has 0 bridgehead atoms. The zero-order valence-corrected chi connectivity index (χ0v) is 9.60. The van der Waals surface area contributed by atoms with Crippen LogP contribution in [-0.4, -0.2) is 10.3 Å². The fourth-order valence-corrected chi connectivity index (χ4v) is 1.35. The Morgan fingerprint density at radius 1 is 1.35 bits per heavy atom. The number of nitriles is 1. The lowest BCUT2D eigenvalue weighted by Crippen LogP contribution is -1.99. The molecule has 17 heavy (non-hydrogen) atoms. The maximum absolute atomic E-state index is 8.81. The van der Waals surface area contributed by atoms with Crippen LogP contribution in [-0.2, 0) is 6.61 Å². The average Bonchev–Trinajstić information content (AvgIpc) is 2.74. The molecule has 0 amide bonds. The highest BCUT2D eigenvalue weighted by molar-refractivity contribution is 5.41. The molecule has 0 aliphatic rings. The van der Waals surface area contributed by atoms with Crippen molar-refractivity contribution in [1.29, 1.82) is 5.26 Å². The lowest BCUT2D eigenvalue weighted by atomic mass is 10.1. The van der Waals surface area contributed by atoms with E-state index in [-0.39, 0.29) is 6.61 Å². The standard InChI is InChI=1S/C12H11N3O2/c1-8-3-4-10(6-13)5-12(8)16-7-11-9(2)14-17-15-11/h3-5H,7H2,1-2H3. The molecule has 0 atom stereocenters. The van der Waals surface area contributed by atoms with Crippen LogP contribution in [0.15, 0.2) is 22.8 Å². The van der Waals surface area contributed by atoms with Crippen LogP contribution in [0.3, 0.4) is 0 Å². The summed E-state index contributed by atoms with van der Waals surface area (Å²) in [5, 5.41) is 16.2. The average molecular weight is 229 g/mol. The Balaban J connectivity index is 2.14. The van der Waals surface area contributed by atoms with Gasteiger partial charge in [0.2, 0.25) is 0 Å². The van der Waals surface area contributed by atoms with Gasteiger partial charge in [0, 0.05) is 0 Å². The van der Waals surface area contributed by atoms with E-state index in [1.807, 2.05) is 13.0 Å². The second-order valence-electron chi connectivity index (χ2n) is 3.68. The van der Waals surface area contributed by atoms with Gasteiger partial charge < -0.3 is 4.74 Å². The highest BCUT2D eigenvalue weighted by Gasteiger charge is 2.07. The predicted molar refractivity (Wildman–Crippen MR) is 59.3 cm³/mol. The zero-order valence-electron chi connectivity index (χ0n) is 9.60. The molecule has 0 saturated heterocycles. The summed E-state index contributed by atoms with van der Waals surface area (Å²) in [6.45, 7) is 4.00. The summed E-state index contributed by atoms with van der Waals surface area (Å²) in [5.41, 5.74) is 2.91. The van der Waals surface area contributed by atoms with E-state index in [1.165, 1.54) is 0 Å². The Morgan fingerprint density at radius 3 is 2.82 bits per heavy atom. The third kappa shape index (κ3) is 2.42. The van der Waals surface area contributed by atoms with E-state index < -0.39 is 0 Å². The number of hydrogen-bond donors (Lipinski definition) is 0. The fraction of sp³-hybridized carbons (Fsp3) is 0.250. The largest absolute Gasteiger partial charge is 0.487 e. The van der Waals surface area contributed by atoms with Gasteiger partial charge in [-0.3, -0.25) is 0 Å². The molecule has 0 fully saturated rings. The number of hydrogen-bond acceptors (Lipinski definition) is 5. The van der Waals surface area contributed by atoms with Crippen LogP contribution in [0.2, 0.25) is 0 Å². The minimum atomic E-state index is 0.283. The van der Waals surface area contributed by atoms with Crippen molar-refractivity contribution in [3.8, 4) is 11.8 Å². The van der Waals surface area contributed by atoms with Crippen LogP contribution < -0.4 is 4.74 Å². The number of benzene rings is 1. The van der Waals surface area contributed by atoms with Gasteiger partial charge in [0.25, 0.3) is 0 Å². The lowest BCUT2D eigenvalue weighted by Gasteiger charge is -2.07. The van der Waals surface area contributed by atoms with Gasteiger partial charge in [-0.25, -0.2) is 4.63 Å². The summed E-state index contributed by atoms with van der Waals surface area (Å²) in [7, 11) is 0. The van der Waals surface area contributed by atoms with E-state index in [0.29, 0.717) is 22.7 Å². The quantitative estimate of drug-likeness (QED) is 0.806. The SMILES string of the molecule is Cc1ccc(C#N)cc1OCc1nonc1C. The number of rotatable bonds is 3. The first-order chi connectivity index (χ1) is 8.20. The Bertz CT molecular complexity index is 569. The molecule has 5 heteroatoms. The predicted octanol–water partition coefficient (Wildman–Crippen LogP) is 2.14. The van der Waals surface area contributed by atoms with Crippen molar-refractivity contribution in [3.05, 3.63) is 40.7 Å². The van der Waals surface area contributed by atoms with Gasteiger partial charge in [-0.1, -0.05) is 16.4 Å². The zero-order chi connectivity index (χ0) is 12.3. The molecule has 0 spiro atoms. The molecule has 2 aromatic rings. The Hall–Kier alpha value is -2.35. The van der Waals surface area contributed by atoms with Crippen molar-refractivity contribution in [2.45, 2.75) is 20.5 Å². The summed E-state index contributed by atoms with van der Waals surface area (Å²) in [6, 6.07) is 7.38. The molecule has 0 saturated carbocycles. The third-order valence-corrected chi connectivity index (χ3v) is 2.43. The first kappa shape index (κ1) is 11.1. The van der Waals surface area contributed by atoms with Crippen molar-refractivity contribution in [2.24, 2.45) is 0 Å². The highest BCUT2D eigenvalue weighted by Crippen LogP contribution is 2.20. The van der Waals surface area contributed by atoms with E-state index in [9.17, 15) is 0 Å². The molecule has 1 heterocycles. The molecule has 0 unspecified atom stereocenters. The van der Waals surface area contributed by atoms with Gasteiger partial charge in [-0.2, -0.15) is 5.26 Å². The number of nitrogens with zero attached hydrogens (tertiary/aromatic N) is 3. The molecule has 0 radical (unpaired) electrons. The third-order valence-electron chi connectivity index (χ3n) is 2.43. The van der Waals surface area contributed by atoms with E-state index in [0.717, 1.165) is 5.56 Å².